The second kappa shape index (κ2) is 7.66. The summed E-state index contributed by atoms with van der Waals surface area (Å²) in [7, 11) is 0. The Kier molecular flexibility index (Phi) is 5.87. The highest BCUT2D eigenvalue weighted by Gasteiger charge is 2.22. The minimum absolute atomic E-state index is 0.197. The van der Waals surface area contributed by atoms with Crippen LogP contribution in [0.2, 0.25) is 0 Å². The molecule has 1 aliphatic rings. The lowest BCUT2D eigenvalue weighted by molar-refractivity contribution is 0.201. The maximum Gasteiger partial charge on any atom is 0.0587 e. The Balaban J connectivity index is 1.85. The number of rotatable bonds is 6. The molecule has 0 amide bonds. The smallest absolute Gasteiger partial charge is 0.0587 e. The monoisotopic (exact) mass is 261 g/mol. The lowest BCUT2D eigenvalue weighted by Crippen LogP contribution is -2.44. The average molecular weight is 261 g/mol. The molecule has 2 N–H and O–H groups in total. The van der Waals surface area contributed by atoms with E-state index in [2.05, 4.69) is 36.5 Å². The van der Waals surface area contributed by atoms with Gasteiger partial charge in [-0.05, 0) is 30.7 Å². The van der Waals surface area contributed by atoms with E-state index >= 15 is 0 Å². The average Bonchev–Trinajstić information content (AvgIpc) is 2.48. The molecule has 0 heterocycles. The molecule has 1 aromatic carbocycles. The molecule has 0 saturated heterocycles. The zero-order valence-electron chi connectivity index (χ0n) is 12.0. The highest BCUT2D eigenvalue weighted by molar-refractivity contribution is 5.16. The van der Waals surface area contributed by atoms with Crippen LogP contribution in [0.4, 0.5) is 0 Å². The third-order valence-corrected chi connectivity index (χ3v) is 4.38. The Morgan fingerprint density at radius 1 is 1.26 bits per heavy atom. The highest BCUT2D eigenvalue weighted by Crippen LogP contribution is 2.26. The molecule has 0 spiro atoms. The SMILES string of the molecule is CCC1CCCC(N[C@@H](CO)Cc2ccccc2)C1. The van der Waals surface area contributed by atoms with E-state index in [1.54, 1.807) is 0 Å². The summed E-state index contributed by atoms with van der Waals surface area (Å²) < 4.78 is 0. The number of hydrogen-bond acceptors (Lipinski definition) is 2. The van der Waals surface area contributed by atoms with Crippen molar-refractivity contribution in [3.05, 3.63) is 35.9 Å². The van der Waals surface area contributed by atoms with Crippen LogP contribution >= 0.6 is 0 Å². The summed E-state index contributed by atoms with van der Waals surface area (Å²) in [6.45, 7) is 2.52. The van der Waals surface area contributed by atoms with Crippen LogP contribution in [-0.4, -0.2) is 23.8 Å². The molecule has 1 aliphatic carbocycles. The van der Waals surface area contributed by atoms with Crippen molar-refractivity contribution in [3.8, 4) is 0 Å². The van der Waals surface area contributed by atoms with Gasteiger partial charge in [0.15, 0.2) is 0 Å². The molecule has 2 nitrogen and oxygen atoms in total. The van der Waals surface area contributed by atoms with E-state index in [0.29, 0.717) is 6.04 Å². The molecule has 2 unspecified atom stereocenters. The van der Waals surface area contributed by atoms with Crippen LogP contribution in [0.5, 0.6) is 0 Å². The predicted octanol–water partition coefficient (Wildman–Crippen LogP) is 3.15. The van der Waals surface area contributed by atoms with Gasteiger partial charge in [0.05, 0.1) is 6.61 Å². The maximum atomic E-state index is 9.58. The summed E-state index contributed by atoms with van der Waals surface area (Å²) in [4.78, 5) is 0. The number of hydrogen-bond donors (Lipinski definition) is 2. The first-order valence-corrected chi connectivity index (χ1v) is 7.72. The van der Waals surface area contributed by atoms with Crippen LogP contribution in [-0.2, 0) is 6.42 Å². The second-order valence-electron chi connectivity index (χ2n) is 5.87. The van der Waals surface area contributed by atoms with Crippen molar-refractivity contribution in [1.29, 1.82) is 0 Å². The second-order valence-corrected chi connectivity index (χ2v) is 5.87. The topological polar surface area (TPSA) is 32.3 Å². The van der Waals surface area contributed by atoms with Gasteiger partial charge in [0.1, 0.15) is 0 Å². The van der Waals surface area contributed by atoms with Crippen molar-refractivity contribution in [1.82, 2.24) is 5.32 Å². The van der Waals surface area contributed by atoms with Gasteiger partial charge in [0.25, 0.3) is 0 Å². The lowest BCUT2D eigenvalue weighted by Gasteiger charge is -2.32. The van der Waals surface area contributed by atoms with Gasteiger partial charge in [-0.25, -0.2) is 0 Å². The standard InChI is InChI=1S/C17H27NO/c1-2-14-9-6-10-16(11-14)18-17(13-19)12-15-7-4-3-5-8-15/h3-5,7-8,14,16-19H,2,6,9-13H2,1H3/t14?,16?,17-/m1/s1. The third-order valence-electron chi connectivity index (χ3n) is 4.38. The molecule has 19 heavy (non-hydrogen) atoms. The van der Waals surface area contributed by atoms with Gasteiger partial charge in [0.2, 0.25) is 0 Å². The van der Waals surface area contributed by atoms with Crippen LogP contribution in [0.3, 0.4) is 0 Å². The molecular weight excluding hydrogens is 234 g/mol. The molecular formula is C17H27NO. The Hall–Kier alpha value is -0.860. The number of aliphatic hydroxyl groups is 1. The quantitative estimate of drug-likeness (QED) is 0.824. The molecule has 1 fully saturated rings. The lowest BCUT2D eigenvalue weighted by atomic mass is 9.84. The van der Waals surface area contributed by atoms with E-state index in [1.165, 1.54) is 37.7 Å². The van der Waals surface area contributed by atoms with E-state index in [9.17, 15) is 5.11 Å². The van der Waals surface area contributed by atoms with Crippen LogP contribution < -0.4 is 5.32 Å². The fourth-order valence-electron chi connectivity index (χ4n) is 3.22. The van der Waals surface area contributed by atoms with E-state index in [4.69, 9.17) is 0 Å². The molecule has 0 radical (unpaired) electrons. The summed E-state index contributed by atoms with van der Waals surface area (Å²) in [5.41, 5.74) is 1.30. The van der Waals surface area contributed by atoms with E-state index in [0.717, 1.165) is 12.3 Å². The summed E-state index contributed by atoms with van der Waals surface area (Å²) in [5.74, 6) is 0.877. The zero-order chi connectivity index (χ0) is 13.5. The Morgan fingerprint density at radius 2 is 2.05 bits per heavy atom. The van der Waals surface area contributed by atoms with Crippen molar-refractivity contribution >= 4 is 0 Å². The maximum absolute atomic E-state index is 9.58. The van der Waals surface area contributed by atoms with Crippen molar-refractivity contribution in [2.75, 3.05) is 6.61 Å². The summed E-state index contributed by atoms with van der Waals surface area (Å²) in [6.07, 6.45) is 7.48. The van der Waals surface area contributed by atoms with Gasteiger partial charge >= 0.3 is 0 Å². The van der Waals surface area contributed by atoms with Crippen LogP contribution in [0.25, 0.3) is 0 Å². The molecule has 1 saturated carbocycles. The Morgan fingerprint density at radius 3 is 2.74 bits per heavy atom. The van der Waals surface area contributed by atoms with Crippen molar-refractivity contribution in [3.63, 3.8) is 0 Å². The summed E-state index contributed by atoms with van der Waals surface area (Å²) in [6, 6.07) is 11.2. The molecule has 2 heteroatoms. The van der Waals surface area contributed by atoms with Crippen molar-refractivity contribution in [2.45, 2.75) is 57.5 Å². The van der Waals surface area contributed by atoms with Gasteiger partial charge in [-0.2, -0.15) is 0 Å². The largest absolute Gasteiger partial charge is 0.395 e. The number of benzene rings is 1. The molecule has 2 rings (SSSR count). The Bertz CT molecular complexity index is 352. The summed E-state index contributed by atoms with van der Waals surface area (Å²) in [5, 5.41) is 13.2. The predicted molar refractivity (Wildman–Crippen MR) is 80.2 cm³/mol. The zero-order valence-corrected chi connectivity index (χ0v) is 12.0. The van der Waals surface area contributed by atoms with Crippen molar-refractivity contribution in [2.24, 2.45) is 5.92 Å². The summed E-state index contributed by atoms with van der Waals surface area (Å²) >= 11 is 0. The van der Waals surface area contributed by atoms with Gasteiger partial charge < -0.3 is 10.4 Å². The molecule has 0 aromatic heterocycles. The van der Waals surface area contributed by atoms with E-state index in [-0.39, 0.29) is 12.6 Å². The minimum atomic E-state index is 0.197. The highest BCUT2D eigenvalue weighted by atomic mass is 16.3. The normalized spacial score (nSPS) is 25.2. The van der Waals surface area contributed by atoms with Gasteiger partial charge in [-0.1, -0.05) is 56.5 Å². The van der Waals surface area contributed by atoms with Crippen LogP contribution in [0, 0.1) is 5.92 Å². The van der Waals surface area contributed by atoms with Crippen molar-refractivity contribution < 1.29 is 5.11 Å². The van der Waals surface area contributed by atoms with Crippen LogP contribution in [0.15, 0.2) is 30.3 Å². The molecule has 0 aliphatic heterocycles. The van der Waals surface area contributed by atoms with Gasteiger partial charge in [-0.3, -0.25) is 0 Å². The van der Waals surface area contributed by atoms with E-state index in [1.807, 2.05) is 6.07 Å². The first-order chi connectivity index (χ1) is 9.31. The molecule has 106 valence electrons. The fraction of sp³-hybridized carbons (Fsp3) is 0.647. The first-order valence-electron chi connectivity index (χ1n) is 7.72. The van der Waals surface area contributed by atoms with Gasteiger partial charge in [0, 0.05) is 12.1 Å². The van der Waals surface area contributed by atoms with Crippen LogP contribution in [0.1, 0.15) is 44.6 Å². The minimum Gasteiger partial charge on any atom is -0.395 e. The van der Waals surface area contributed by atoms with E-state index < -0.39 is 0 Å². The Labute approximate surface area is 117 Å². The molecule has 1 aromatic rings. The molecule has 3 atom stereocenters. The third kappa shape index (κ3) is 4.63. The molecule has 0 bridgehead atoms. The van der Waals surface area contributed by atoms with Gasteiger partial charge in [-0.15, -0.1) is 0 Å². The number of aliphatic hydroxyl groups excluding tert-OH is 1. The fourth-order valence-corrected chi connectivity index (χ4v) is 3.22. The first kappa shape index (κ1) is 14.5. The number of nitrogens with one attached hydrogen (secondary N) is 1.